The van der Waals surface area contributed by atoms with Crippen molar-refractivity contribution in [2.45, 2.75) is 6.42 Å². The lowest BCUT2D eigenvalue weighted by molar-refractivity contribution is -0.136. The summed E-state index contributed by atoms with van der Waals surface area (Å²) < 4.78 is 15.5. The third kappa shape index (κ3) is 5.14. The summed E-state index contributed by atoms with van der Waals surface area (Å²) in [5.74, 6) is 0.513. The number of hydrogen-bond donors (Lipinski definition) is 2. The molecule has 26 heavy (non-hydrogen) atoms. The van der Waals surface area contributed by atoms with Crippen LogP contribution in [0, 0.1) is 0 Å². The molecule has 0 radical (unpaired) electrons. The number of anilines is 1. The molecule has 0 saturated heterocycles. The third-order valence-corrected chi connectivity index (χ3v) is 3.70. The number of nitrogens with one attached hydrogen (secondary N) is 2. The van der Waals surface area contributed by atoms with Gasteiger partial charge in [0.15, 0.2) is 11.5 Å². The van der Waals surface area contributed by atoms with Gasteiger partial charge in [0.05, 0.1) is 21.3 Å². The van der Waals surface area contributed by atoms with E-state index in [1.165, 1.54) is 0 Å². The average Bonchev–Trinajstić information content (AvgIpc) is 2.68. The van der Waals surface area contributed by atoms with Crippen molar-refractivity contribution >= 4 is 17.5 Å². The molecule has 2 rings (SSSR count). The SMILES string of the molecule is COc1ccc(NC(=O)C(=O)NCCc2ccc(OC)c(OC)c2)cc1. The molecule has 0 bridgehead atoms. The van der Waals surface area contributed by atoms with E-state index in [1.54, 1.807) is 51.7 Å². The maximum atomic E-state index is 11.9. The van der Waals surface area contributed by atoms with Crippen LogP contribution in [0.2, 0.25) is 0 Å². The molecule has 0 aliphatic rings. The predicted molar refractivity (Wildman–Crippen MR) is 97.9 cm³/mol. The molecular formula is C19H22N2O5. The minimum atomic E-state index is -0.720. The van der Waals surface area contributed by atoms with Crippen LogP contribution < -0.4 is 24.8 Å². The Labute approximate surface area is 152 Å². The Balaban J connectivity index is 1.83. The Morgan fingerprint density at radius 2 is 1.54 bits per heavy atom. The van der Waals surface area contributed by atoms with E-state index in [0.717, 1.165) is 5.56 Å². The van der Waals surface area contributed by atoms with Crippen LogP contribution in [0.25, 0.3) is 0 Å². The number of ether oxygens (including phenoxy) is 3. The number of hydrogen-bond acceptors (Lipinski definition) is 5. The molecule has 0 aromatic heterocycles. The summed E-state index contributed by atoms with van der Waals surface area (Å²) in [4.78, 5) is 23.8. The Morgan fingerprint density at radius 3 is 2.15 bits per heavy atom. The Bertz CT molecular complexity index is 759. The summed E-state index contributed by atoms with van der Waals surface area (Å²) in [6.45, 7) is 0.324. The van der Waals surface area contributed by atoms with Gasteiger partial charge in [0.2, 0.25) is 0 Å². The quantitative estimate of drug-likeness (QED) is 0.740. The highest BCUT2D eigenvalue weighted by molar-refractivity contribution is 6.39. The van der Waals surface area contributed by atoms with Crippen molar-refractivity contribution in [3.8, 4) is 17.2 Å². The Kier molecular flexibility index (Phi) is 6.84. The minimum Gasteiger partial charge on any atom is -0.497 e. The Morgan fingerprint density at radius 1 is 0.846 bits per heavy atom. The number of rotatable bonds is 7. The summed E-state index contributed by atoms with van der Waals surface area (Å²) in [5.41, 5.74) is 1.48. The van der Waals surface area contributed by atoms with Gasteiger partial charge < -0.3 is 24.8 Å². The van der Waals surface area contributed by atoms with Crippen LogP contribution in [0.15, 0.2) is 42.5 Å². The molecule has 0 aliphatic carbocycles. The molecule has 2 amide bonds. The van der Waals surface area contributed by atoms with E-state index in [4.69, 9.17) is 14.2 Å². The van der Waals surface area contributed by atoms with E-state index < -0.39 is 11.8 Å². The van der Waals surface area contributed by atoms with Gasteiger partial charge in [0.1, 0.15) is 5.75 Å². The molecule has 0 atom stereocenters. The van der Waals surface area contributed by atoms with Gasteiger partial charge >= 0.3 is 11.8 Å². The van der Waals surface area contributed by atoms with E-state index in [-0.39, 0.29) is 0 Å². The summed E-state index contributed by atoms with van der Waals surface area (Å²) in [7, 11) is 4.69. The molecule has 0 unspecified atom stereocenters. The first kappa shape index (κ1) is 19.1. The van der Waals surface area contributed by atoms with Crippen LogP contribution in [0.3, 0.4) is 0 Å². The molecule has 138 valence electrons. The summed E-state index contributed by atoms with van der Waals surface area (Å²) in [6, 6.07) is 12.2. The number of amides is 2. The Hall–Kier alpha value is -3.22. The monoisotopic (exact) mass is 358 g/mol. The standard InChI is InChI=1S/C19H22N2O5/c1-24-15-7-5-14(6-8-15)21-19(23)18(22)20-11-10-13-4-9-16(25-2)17(12-13)26-3/h4-9,12H,10-11H2,1-3H3,(H,20,22)(H,21,23). The molecule has 0 fully saturated rings. The van der Waals surface area contributed by atoms with Crippen molar-refractivity contribution in [2.24, 2.45) is 0 Å². The lowest BCUT2D eigenvalue weighted by Crippen LogP contribution is -2.36. The lowest BCUT2D eigenvalue weighted by atomic mass is 10.1. The normalized spacial score (nSPS) is 9.96. The maximum absolute atomic E-state index is 11.9. The second kappa shape index (κ2) is 9.31. The first-order valence-corrected chi connectivity index (χ1v) is 8.01. The fraction of sp³-hybridized carbons (Fsp3) is 0.263. The van der Waals surface area contributed by atoms with Gasteiger partial charge in [-0.2, -0.15) is 0 Å². The lowest BCUT2D eigenvalue weighted by Gasteiger charge is -2.10. The van der Waals surface area contributed by atoms with E-state index in [1.807, 2.05) is 12.1 Å². The topological polar surface area (TPSA) is 85.9 Å². The fourth-order valence-corrected chi connectivity index (χ4v) is 2.30. The largest absolute Gasteiger partial charge is 0.497 e. The molecule has 0 saturated carbocycles. The number of benzene rings is 2. The van der Waals surface area contributed by atoms with Gasteiger partial charge in [-0.25, -0.2) is 0 Å². The van der Waals surface area contributed by atoms with Gasteiger partial charge in [-0.05, 0) is 48.4 Å². The zero-order valence-electron chi connectivity index (χ0n) is 15.0. The highest BCUT2D eigenvalue weighted by Crippen LogP contribution is 2.27. The van der Waals surface area contributed by atoms with Gasteiger partial charge in [0.25, 0.3) is 0 Å². The van der Waals surface area contributed by atoms with Gasteiger partial charge in [-0.1, -0.05) is 6.07 Å². The molecule has 2 N–H and O–H groups in total. The molecule has 2 aromatic carbocycles. The molecule has 0 spiro atoms. The minimum absolute atomic E-state index is 0.324. The highest BCUT2D eigenvalue weighted by Gasteiger charge is 2.13. The van der Waals surface area contributed by atoms with E-state index in [0.29, 0.717) is 35.9 Å². The van der Waals surface area contributed by atoms with Gasteiger partial charge in [-0.15, -0.1) is 0 Å². The highest BCUT2D eigenvalue weighted by atomic mass is 16.5. The molecule has 7 nitrogen and oxygen atoms in total. The van der Waals surface area contributed by atoms with Crippen molar-refractivity contribution in [3.05, 3.63) is 48.0 Å². The number of carbonyl (C=O) groups is 2. The average molecular weight is 358 g/mol. The smallest absolute Gasteiger partial charge is 0.313 e. The van der Waals surface area contributed by atoms with Crippen LogP contribution in [-0.4, -0.2) is 39.7 Å². The van der Waals surface area contributed by atoms with Crippen LogP contribution >= 0.6 is 0 Å². The van der Waals surface area contributed by atoms with Crippen molar-refractivity contribution in [3.63, 3.8) is 0 Å². The molecule has 7 heteroatoms. The fourth-order valence-electron chi connectivity index (χ4n) is 2.30. The van der Waals surface area contributed by atoms with Gasteiger partial charge in [-0.3, -0.25) is 9.59 Å². The molecule has 0 heterocycles. The zero-order chi connectivity index (χ0) is 18.9. The number of carbonyl (C=O) groups excluding carboxylic acids is 2. The van der Waals surface area contributed by atoms with Crippen LogP contribution in [0.5, 0.6) is 17.2 Å². The second-order valence-corrected chi connectivity index (χ2v) is 5.38. The van der Waals surface area contributed by atoms with E-state index in [9.17, 15) is 9.59 Å². The van der Waals surface area contributed by atoms with E-state index in [2.05, 4.69) is 10.6 Å². The van der Waals surface area contributed by atoms with Crippen molar-refractivity contribution in [1.82, 2.24) is 5.32 Å². The second-order valence-electron chi connectivity index (χ2n) is 5.38. The first-order valence-electron chi connectivity index (χ1n) is 8.01. The summed E-state index contributed by atoms with van der Waals surface area (Å²) in [6.07, 6.45) is 0.557. The van der Waals surface area contributed by atoms with Crippen LogP contribution in [-0.2, 0) is 16.0 Å². The summed E-state index contributed by atoms with van der Waals surface area (Å²) >= 11 is 0. The number of methoxy groups -OCH3 is 3. The third-order valence-electron chi connectivity index (χ3n) is 3.70. The summed E-state index contributed by atoms with van der Waals surface area (Å²) in [5, 5.41) is 5.12. The molecule has 0 aliphatic heterocycles. The van der Waals surface area contributed by atoms with Crippen molar-refractivity contribution < 1.29 is 23.8 Å². The zero-order valence-corrected chi connectivity index (χ0v) is 15.0. The maximum Gasteiger partial charge on any atom is 0.313 e. The van der Waals surface area contributed by atoms with E-state index >= 15 is 0 Å². The van der Waals surface area contributed by atoms with Crippen LogP contribution in [0.1, 0.15) is 5.56 Å². The molecular weight excluding hydrogens is 336 g/mol. The molecule has 2 aromatic rings. The predicted octanol–water partition coefficient (Wildman–Crippen LogP) is 2.01. The van der Waals surface area contributed by atoms with Gasteiger partial charge in [0, 0.05) is 12.2 Å². The van der Waals surface area contributed by atoms with Crippen molar-refractivity contribution in [2.75, 3.05) is 33.2 Å². The van der Waals surface area contributed by atoms with Crippen molar-refractivity contribution in [1.29, 1.82) is 0 Å². The first-order chi connectivity index (χ1) is 12.6. The van der Waals surface area contributed by atoms with Crippen LogP contribution in [0.4, 0.5) is 5.69 Å².